The predicted octanol–water partition coefficient (Wildman–Crippen LogP) is 2.38. The van der Waals surface area contributed by atoms with Crippen LogP contribution in [-0.4, -0.2) is 41.1 Å². The van der Waals surface area contributed by atoms with E-state index in [-0.39, 0.29) is 43.5 Å². The molecule has 1 aromatic carbocycles. The van der Waals surface area contributed by atoms with E-state index < -0.39 is 12.0 Å². The van der Waals surface area contributed by atoms with Crippen molar-refractivity contribution in [2.45, 2.75) is 38.6 Å². The highest BCUT2D eigenvalue weighted by molar-refractivity contribution is 7.80. The fourth-order valence-electron chi connectivity index (χ4n) is 2.94. The second kappa shape index (κ2) is 11.8. The maximum absolute atomic E-state index is 12.4. The number of carbonyl (C=O) groups excluding carboxylic acids is 3. The number of benzene rings is 1. The summed E-state index contributed by atoms with van der Waals surface area (Å²) < 4.78 is 5.00. The third-order valence-electron chi connectivity index (χ3n) is 4.48. The van der Waals surface area contributed by atoms with Gasteiger partial charge in [-0.2, -0.15) is 0 Å². The molecular weight excluding hydrogens is 416 g/mol. The van der Waals surface area contributed by atoms with Gasteiger partial charge >= 0.3 is 5.97 Å². The summed E-state index contributed by atoms with van der Waals surface area (Å²) in [7, 11) is 0. The molecule has 0 fully saturated rings. The number of allylic oxidation sites excluding steroid dienone is 3. The topological polar surface area (TPSA) is 134 Å². The minimum Gasteiger partial charge on any atom is -0.466 e. The van der Waals surface area contributed by atoms with Gasteiger partial charge in [0.25, 0.3) is 0 Å². The number of carbonyl (C=O) groups is 3. The molecule has 5 N–H and O–H groups in total. The highest BCUT2D eigenvalue weighted by atomic mass is 32.1. The average Bonchev–Trinajstić information content (AvgIpc) is 2.73. The van der Waals surface area contributed by atoms with Crippen LogP contribution in [0.5, 0.6) is 0 Å². The van der Waals surface area contributed by atoms with Crippen molar-refractivity contribution >= 4 is 46.4 Å². The largest absolute Gasteiger partial charge is 0.466 e. The number of hydrogen-bond acceptors (Lipinski definition) is 6. The van der Waals surface area contributed by atoms with Gasteiger partial charge in [0.1, 0.15) is 5.84 Å². The molecule has 0 bridgehead atoms. The Kier molecular flexibility index (Phi) is 9.08. The summed E-state index contributed by atoms with van der Waals surface area (Å²) in [5.74, 6) is -1.19. The van der Waals surface area contributed by atoms with Gasteiger partial charge < -0.3 is 21.1 Å². The SMILES string of the molecule is CCOC(=O)CC(NC(=O)CCC(=O)Nc1ccc(C(=N)N)cc1)C1=CC=CCC1=S. The van der Waals surface area contributed by atoms with Crippen molar-refractivity contribution in [2.75, 3.05) is 11.9 Å². The Bertz CT molecular complexity index is 922. The molecule has 1 aromatic rings. The van der Waals surface area contributed by atoms with Crippen LogP contribution in [0.25, 0.3) is 0 Å². The van der Waals surface area contributed by atoms with Crippen LogP contribution in [0.3, 0.4) is 0 Å². The molecule has 31 heavy (non-hydrogen) atoms. The maximum atomic E-state index is 12.4. The Morgan fingerprint density at radius 3 is 2.48 bits per heavy atom. The van der Waals surface area contributed by atoms with Crippen molar-refractivity contribution in [1.82, 2.24) is 5.32 Å². The van der Waals surface area contributed by atoms with E-state index in [2.05, 4.69) is 10.6 Å². The van der Waals surface area contributed by atoms with Crippen LogP contribution >= 0.6 is 12.2 Å². The Morgan fingerprint density at radius 2 is 1.87 bits per heavy atom. The Balaban J connectivity index is 1.92. The fraction of sp³-hybridized carbons (Fsp3) is 0.318. The normalized spacial score (nSPS) is 13.7. The predicted molar refractivity (Wildman–Crippen MR) is 123 cm³/mol. The van der Waals surface area contributed by atoms with Crippen molar-refractivity contribution in [2.24, 2.45) is 5.73 Å². The lowest BCUT2D eigenvalue weighted by Gasteiger charge is -2.23. The van der Waals surface area contributed by atoms with Crippen molar-refractivity contribution in [3.63, 3.8) is 0 Å². The molecule has 1 aliphatic carbocycles. The molecule has 0 heterocycles. The first-order valence-electron chi connectivity index (χ1n) is 9.89. The number of anilines is 1. The van der Waals surface area contributed by atoms with Crippen molar-refractivity contribution in [3.05, 3.63) is 53.6 Å². The molecule has 2 rings (SSSR count). The van der Waals surface area contributed by atoms with E-state index in [1.807, 2.05) is 12.2 Å². The van der Waals surface area contributed by atoms with E-state index in [4.69, 9.17) is 28.1 Å². The fourth-order valence-corrected chi connectivity index (χ4v) is 3.25. The zero-order chi connectivity index (χ0) is 22.8. The Morgan fingerprint density at radius 1 is 1.19 bits per heavy atom. The van der Waals surface area contributed by atoms with E-state index in [1.165, 1.54) is 0 Å². The number of amides is 2. The van der Waals surface area contributed by atoms with Crippen LogP contribution < -0.4 is 16.4 Å². The Hall–Kier alpha value is -3.33. The van der Waals surface area contributed by atoms with Crippen molar-refractivity contribution in [3.8, 4) is 0 Å². The van der Waals surface area contributed by atoms with Gasteiger partial charge in [0.05, 0.1) is 19.1 Å². The molecule has 8 nitrogen and oxygen atoms in total. The number of ether oxygens (including phenoxy) is 1. The van der Waals surface area contributed by atoms with Gasteiger partial charge in [-0.05, 0) is 36.8 Å². The number of nitrogen functional groups attached to an aromatic ring is 1. The van der Waals surface area contributed by atoms with Crippen molar-refractivity contribution < 1.29 is 19.1 Å². The van der Waals surface area contributed by atoms with Gasteiger partial charge in [0.15, 0.2) is 0 Å². The van der Waals surface area contributed by atoms with Crippen LogP contribution in [0.15, 0.2) is 48.1 Å². The number of nitrogens with two attached hydrogens (primary N) is 1. The average molecular weight is 443 g/mol. The summed E-state index contributed by atoms with van der Waals surface area (Å²) >= 11 is 5.37. The monoisotopic (exact) mass is 442 g/mol. The van der Waals surface area contributed by atoms with Gasteiger partial charge in [-0.25, -0.2) is 0 Å². The molecule has 9 heteroatoms. The second-order valence-corrected chi connectivity index (χ2v) is 7.34. The third-order valence-corrected chi connectivity index (χ3v) is 4.88. The number of rotatable bonds is 10. The number of amidine groups is 1. The first kappa shape index (κ1) is 23.9. The highest BCUT2D eigenvalue weighted by Gasteiger charge is 2.24. The number of hydrogen-bond donors (Lipinski definition) is 4. The molecule has 2 amide bonds. The van der Waals surface area contributed by atoms with Gasteiger partial charge in [0, 0.05) is 35.4 Å². The summed E-state index contributed by atoms with van der Waals surface area (Å²) in [6, 6.07) is 5.91. The second-order valence-electron chi connectivity index (χ2n) is 6.85. The van der Waals surface area contributed by atoms with E-state index in [9.17, 15) is 14.4 Å². The van der Waals surface area contributed by atoms with E-state index in [0.717, 1.165) is 0 Å². The summed E-state index contributed by atoms with van der Waals surface area (Å²) in [5.41, 5.74) is 7.20. The van der Waals surface area contributed by atoms with Gasteiger partial charge in [-0.3, -0.25) is 19.8 Å². The molecule has 1 unspecified atom stereocenters. The quantitative estimate of drug-likeness (QED) is 0.190. The summed E-state index contributed by atoms with van der Waals surface area (Å²) in [6.07, 6.45) is 5.98. The number of nitrogens with one attached hydrogen (secondary N) is 3. The van der Waals surface area contributed by atoms with Gasteiger partial charge in [0.2, 0.25) is 11.8 Å². The van der Waals surface area contributed by atoms with Crippen LogP contribution in [-0.2, 0) is 19.1 Å². The van der Waals surface area contributed by atoms with E-state index >= 15 is 0 Å². The lowest BCUT2D eigenvalue weighted by molar-refractivity contribution is -0.143. The standard InChI is InChI=1S/C22H26N4O4S/c1-2-30-21(29)13-17(16-5-3-4-6-18(16)31)26-20(28)12-11-19(27)25-15-9-7-14(8-10-15)22(23)24/h3-5,7-10,17H,2,6,11-13H2,1H3,(H3,23,24)(H,25,27)(H,26,28). The van der Waals surface area contributed by atoms with Crippen LogP contribution in [0.4, 0.5) is 5.69 Å². The maximum Gasteiger partial charge on any atom is 0.308 e. The molecule has 1 atom stereocenters. The zero-order valence-electron chi connectivity index (χ0n) is 17.3. The highest BCUT2D eigenvalue weighted by Crippen LogP contribution is 2.17. The molecule has 0 radical (unpaired) electrons. The summed E-state index contributed by atoms with van der Waals surface area (Å²) in [4.78, 5) is 37.2. The van der Waals surface area contributed by atoms with Gasteiger partial charge in [-0.15, -0.1) is 0 Å². The third kappa shape index (κ3) is 7.78. The molecule has 1 aliphatic rings. The summed E-state index contributed by atoms with van der Waals surface area (Å²) in [6.45, 7) is 1.96. The van der Waals surface area contributed by atoms with Crippen molar-refractivity contribution in [1.29, 1.82) is 5.41 Å². The first-order valence-corrected chi connectivity index (χ1v) is 10.3. The molecular formula is C22H26N4O4S. The molecule has 0 saturated carbocycles. The van der Waals surface area contributed by atoms with Gasteiger partial charge in [-0.1, -0.05) is 30.4 Å². The van der Waals surface area contributed by atoms with Crippen LogP contribution in [0.2, 0.25) is 0 Å². The lowest BCUT2D eigenvalue weighted by Crippen LogP contribution is -2.40. The molecule has 164 valence electrons. The molecule has 0 aliphatic heterocycles. The molecule has 0 spiro atoms. The zero-order valence-corrected chi connectivity index (χ0v) is 18.1. The molecule has 0 aromatic heterocycles. The van der Waals surface area contributed by atoms with Crippen LogP contribution in [0, 0.1) is 5.41 Å². The first-order chi connectivity index (χ1) is 14.8. The summed E-state index contributed by atoms with van der Waals surface area (Å²) in [5, 5.41) is 12.9. The minimum absolute atomic E-state index is 0.0319. The van der Waals surface area contributed by atoms with E-state index in [1.54, 1.807) is 37.3 Å². The smallest absolute Gasteiger partial charge is 0.308 e. The number of esters is 1. The Labute approximate surface area is 186 Å². The van der Waals surface area contributed by atoms with E-state index in [0.29, 0.717) is 28.1 Å². The lowest BCUT2D eigenvalue weighted by atomic mass is 9.95. The minimum atomic E-state index is -0.605. The molecule has 0 saturated heterocycles. The van der Waals surface area contributed by atoms with Crippen LogP contribution in [0.1, 0.15) is 38.2 Å². The number of thiocarbonyl (C=S) groups is 1.